The van der Waals surface area contributed by atoms with Gasteiger partial charge in [0.05, 0.1) is 0 Å². The molecule has 0 fully saturated rings. The quantitative estimate of drug-likeness (QED) is 0.352. The fraction of sp³-hybridized carbons (Fsp3) is 0.667. The van der Waals surface area contributed by atoms with Gasteiger partial charge in [-0.15, -0.1) is 0 Å². The molecule has 0 aromatic heterocycles. The molecule has 42 valence electrons. The maximum Gasteiger partial charge on any atom is 2.00 e. The normalized spacial score (nSPS) is 5.14. The summed E-state index contributed by atoms with van der Waals surface area (Å²) in [5.74, 6) is 0. The molecule has 0 unspecified atom stereocenters. The minimum absolute atomic E-state index is 0. The van der Waals surface area contributed by atoms with Gasteiger partial charge in [-0.2, -0.15) is 12.8 Å². The first-order valence-electron chi connectivity index (χ1n) is 2.41. The number of rotatable bonds is 0. The standard InChI is InChI=1S/2C3H7.Ti/c2*1-3-2;/h2*1,3H2,2H3;/q2*-1;+2. The molecular weight excluding hydrogens is 120 g/mol. The Balaban J connectivity index is -0.0000000400. The number of hydrogen-bond donors (Lipinski definition) is 0. The minimum atomic E-state index is 0. The summed E-state index contributed by atoms with van der Waals surface area (Å²) >= 11 is 0. The largest absolute Gasteiger partial charge is 2.00 e. The second-order valence-corrected chi connectivity index (χ2v) is 1.000. The molecule has 0 N–H and O–H groups in total. The van der Waals surface area contributed by atoms with E-state index in [1.54, 1.807) is 0 Å². The SMILES string of the molecule is [CH2-]CC.[CH2-]CC.[Ti+2]. The average Bonchev–Trinajstić information content (AvgIpc) is 1.39. The molecule has 0 radical (unpaired) electrons. The molecule has 7 heavy (non-hydrogen) atoms. The Kier molecular flexibility index (Phi) is 66.5. The van der Waals surface area contributed by atoms with Crippen LogP contribution < -0.4 is 0 Å². The van der Waals surface area contributed by atoms with Crippen molar-refractivity contribution < 1.29 is 21.7 Å². The molecule has 0 nitrogen and oxygen atoms in total. The van der Waals surface area contributed by atoms with E-state index in [0.29, 0.717) is 0 Å². The van der Waals surface area contributed by atoms with Crippen molar-refractivity contribution in [3.63, 3.8) is 0 Å². The summed E-state index contributed by atoms with van der Waals surface area (Å²) < 4.78 is 0. The molecule has 0 saturated carbocycles. The van der Waals surface area contributed by atoms with E-state index in [4.69, 9.17) is 0 Å². The molecular formula is C6H14Ti. The zero-order valence-corrected chi connectivity index (χ0v) is 6.89. The van der Waals surface area contributed by atoms with Crippen molar-refractivity contribution in [1.82, 2.24) is 0 Å². The van der Waals surface area contributed by atoms with Crippen molar-refractivity contribution in [1.29, 1.82) is 0 Å². The predicted octanol–water partition coefficient (Wildman–Crippen LogP) is 2.46. The summed E-state index contributed by atoms with van der Waals surface area (Å²) in [6.07, 6.45) is 2.00. The fourth-order valence-electron chi connectivity index (χ4n) is 0. The topological polar surface area (TPSA) is 0 Å². The first-order chi connectivity index (χ1) is 2.83. The van der Waals surface area contributed by atoms with Crippen LogP contribution >= 0.6 is 0 Å². The van der Waals surface area contributed by atoms with Gasteiger partial charge in [0, 0.05) is 0 Å². The monoisotopic (exact) mass is 134 g/mol. The van der Waals surface area contributed by atoms with Crippen molar-refractivity contribution in [2.45, 2.75) is 26.7 Å². The van der Waals surface area contributed by atoms with E-state index in [1.807, 2.05) is 13.8 Å². The molecule has 0 bridgehead atoms. The van der Waals surface area contributed by atoms with Crippen molar-refractivity contribution in [2.75, 3.05) is 0 Å². The van der Waals surface area contributed by atoms with Crippen LogP contribution in [0.3, 0.4) is 0 Å². The van der Waals surface area contributed by atoms with Crippen LogP contribution in [0.4, 0.5) is 0 Å². The van der Waals surface area contributed by atoms with Crippen LogP contribution in [0.1, 0.15) is 26.7 Å². The van der Waals surface area contributed by atoms with Crippen LogP contribution in [-0.4, -0.2) is 0 Å². The van der Waals surface area contributed by atoms with Gasteiger partial charge in [-0.1, -0.05) is 13.8 Å². The second-order valence-electron chi connectivity index (χ2n) is 1.000. The van der Waals surface area contributed by atoms with Gasteiger partial charge in [-0.05, 0) is 0 Å². The Hall–Kier alpha value is 0.714. The average molecular weight is 134 g/mol. The molecule has 0 saturated heterocycles. The molecule has 0 amide bonds. The van der Waals surface area contributed by atoms with E-state index >= 15 is 0 Å². The summed E-state index contributed by atoms with van der Waals surface area (Å²) in [5.41, 5.74) is 0. The molecule has 0 heterocycles. The maximum atomic E-state index is 3.49. The second kappa shape index (κ2) is 29.8. The smallest absolute Gasteiger partial charge is 0.344 e. The number of hydrogen-bond acceptors (Lipinski definition) is 0. The first-order valence-corrected chi connectivity index (χ1v) is 2.41. The van der Waals surface area contributed by atoms with Gasteiger partial charge in [0.2, 0.25) is 0 Å². The third-order valence-electron chi connectivity index (χ3n) is 0. The summed E-state index contributed by atoms with van der Waals surface area (Å²) in [4.78, 5) is 0. The van der Waals surface area contributed by atoms with E-state index in [-0.39, 0.29) is 21.7 Å². The van der Waals surface area contributed by atoms with E-state index < -0.39 is 0 Å². The molecule has 0 rings (SSSR count). The van der Waals surface area contributed by atoms with Crippen LogP contribution in [0.2, 0.25) is 0 Å². The molecule has 0 spiro atoms. The van der Waals surface area contributed by atoms with Crippen LogP contribution in [0.5, 0.6) is 0 Å². The van der Waals surface area contributed by atoms with E-state index in [1.165, 1.54) is 0 Å². The third kappa shape index (κ3) is 292. The van der Waals surface area contributed by atoms with Gasteiger partial charge < -0.3 is 13.8 Å². The molecule has 0 aliphatic carbocycles. The summed E-state index contributed by atoms with van der Waals surface area (Å²) in [6.45, 7) is 11.0. The van der Waals surface area contributed by atoms with E-state index in [2.05, 4.69) is 13.8 Å². The molecule has 0 aromatic carbocycles. The van der Waals surface area contributed by atoms with Gasteiger partial charge >= 0.3 is 21.7 Å². The minimum Gasteiger partial charge on any atom is -0.344 e. The van der Waals surface area contributed by atoms with Crippen molar-refractivity contribution in [3.8, 4) is 0 Å². The van der Waals surface area contributed by atoms with Gasteiger partial charge in [0.1, 0.15) is 0 Å². The van der Waals surface area contributed by atoms with Gasteiger partial charge in [-0.3, -0.25) is 0 Å². The van der Waals surface area contributed by atoms with Crippen LogP contribution in [0, 0.1) is 13.8 Å². The van der Waals surface area contributed by atoms with Crippen LogP contribution in [0.25, 0.3) is 0 Å². The van der Waals surface area contributed by atoms with Crippen molar-refractivity contribution in [3.05, 3.63) is 13.8 Å². The molecule has 0 aliphatic rings. The Morgan fingerprint density at radius 3 is 1.00 bits per heavy atom. The van der Waals surface area contributed by atoms with Crippen LogP contribution in [0.15, 0.2) is 0 Å². The molecule has 0 aromatic rings. The Morgan fingerprint density at radius 1 is 1.00 bits per heavy atom. The Bertz CT molecular complexity index is 6.14. The molecule has 0 atom stereocenters. The van der Waals surface area contributed by atoms with E-state index in [0.717, 1.165) is 12.8 Å². The summed E-state index contributed by atoms with van der Waals surface area (Å²) in [7, 11) is 0. The first kappa shape index (κ1) is 15.6. The summed E-state index contributed by atoms with van der Waals surface area (Å²) in [5, 5.41) is 0. The van der Waals surface area contributed by atoms with Crippen molar-refractivity contribution >= 4 is 0 Å². The maximum absolute atomic E-state index is 3.49. The zero-order valence-electron chi connectivity index (χ0n) is 5.33. The van der Waals surface area contributed by atoms with Gasteiger partial charge in [-0.25, -0.2) is 0 Å². The predicted molar refractivity (Wildman–Crippen MR) is 31.3 cm³/mol. The van der Waals surface area contributed by atoms with Crippen molar-refractivity contribution in [2.24, 2.45) is 0 Å². The Morgan fingerprint density at radius 2 is 1.00 bits per heavy atom. The summed E-state index contributed by atoms with van der Waals surface area (Å²) in [6, 6.07) is 0. The fourth-order valence-corrected chi connectivity index (χ4v) is 0. The third-order valence-corrected chi connectivity index (χ3v) is 0. The van der Waals surface area contributed by atoms with Crippen LogP contribution in [-0.2, 0) is 21.7 Å². The van der Waals surface area contributed by atoms with Gasteiger partial charge in [0.15, 0.2) is 0 Å². The zero-order chi connectivity index (χ0) is 5.41. The van der Waals surface area contributed by atoms with E-state index in [9.17, 15) is 0 Å². The molecule has 1 heteroatoms. The molecule has 0 aliphatic heterocycles. The van der Waals surface area contributed by atoms with Gasteiger partial charge in [0.25, 0.3) is 0 Å². The Labute approximate surface area is 62.6 Å².